The SMILES string of the molecule is CC(O)c1ccc(CN2CCc3ccccc3C2)cc1. The summed E-state index contributed by atoms with van der Waals surface area (Å²) in [6.07, 6.45) is 0.757. The lowest BCUT2D eigenvalue weighted by Crippen LogP contribution is -2.29. The summed E-state index contributed by atoms with van der Waals surface area (Å²) in [6.45, 7) is 4.94. The molecule has 1 atom stereocenters. The molecule has 1 aliphatic heterocycles. The summed E-state index contributed by atoms with van der Waals surface area (Å²) in [5, 5.41) is 9.53. The molecule has 0 fully saturated rings. The molecule has 1 unspecified atom stereocenters. The molecule has 0 aromatic heterocycles. The number of nitrogens with zero attached hydrogens (tertiary/aromatic N) is 1. The Hall–Kier alpha value is -1.64. The Morgan fingerprint density at radius 2 is 1.75 bits per heavy atom. The molecule has 2 aromatic rings. The van der Waals surface area contributed by atoms with Gasteiger partial charge in [-0.2, -0.15) is 0 Å². The first-order valence-electron chi connectivity index (χ1n) is 7.28. The Morgan fingerprint density at radius 3 is 2.45 bits per heavy atom. The zero-order valence-corrected chi connectivity index (χ0v) is 11.9. The molecule has 2 aromatic carbocycles. The van der Waals surface area contributed by atoms with E-state index in [1.54, 1.807) is 6.92 Å². The first kappa shape index (κ1) is 13.3. The van der Waals surface area contributed by atoms with Gasteiger partial charge in [-0.05, 0) is 35.6 Å². The van der Waals surface area contributed by atoms with E-state index in [2.05, 4.69) is 41.3 Å². The largest absolute Gasteiger partial charge is 0.389 e. The van der Waals surface area contributed by atoms with Crippen molar-refractivity contribution in [3.05, 3.63) is 70.8 Å². The van der Waals surface area contributed by atoms with Crippen molar-refractivity contribution in [2.45, 2.75) is 32.5 Å². The molecule has 0 saturated heterocycles. The number of aliphatic hydroxyl groups is 1. The zero-order valence-electron chi connectivity index (χ0n) is 11.9. The van der Waals surface area contributed by atoms with Crippen LogP contribution in [0.4, 0.5) is 0 Å². The summed E-state index contributed by atoms with van der Waals surface area (Å²) in [4.78, 5) is 2.49. The third kappa shape index (κ3) is 2.92. The van der Waals surface area contributed by atoms with E-state index in [4.69, 9.17) is 0 Å². The molecule has 104 valence electrons. The maximum Gasteiger partial charge on any atom is 0.0761 e. The van der Waals surface area contributed by atoms with Crippen molar-refractivity contribution in [3.63, 3.8) is 0 Å². The van der Waals surface area contributed by atoms with Crippen LogP contribution in [0.5, 0.6) is 0 Å². The van der Waals surface area contributed by atoms with E-state index >= 15 is 0 Å². The molecule has 0 saturated carbocycles. The summed E-state index contributed by atoms with van der Waals surface area (Å²) >= 11 is 0. The molecule has 0 amide bonds. The van der Waals surface area contributed by atoms with Crippen LogP contribution in [0.15, 0.2) is 48.5 Å². The van der Waals surface area contributed by atoms with Crippen molar-refractivity contribution in [1.82, 2.24) is 4.90 Å². The van der Waals surface area contributed by atoms with Gasteiger partial charge in [-0.3, -0.25) is 4.90 Å². The topological polar surface area (TPSA) is 23.5 Å². The molecule has 0 spiro atoms. The summed E-state index contributed by atoms with van der Waals surface area (Å²) in [6, 6.07) is 17.0. The van der Waals surface area contributed by atoms with Crippen LogP contribution in [0.25, 0.3) is 0 Å². The normalized spacial score (nSPS) is 16.7. The van der Waals surface area contributed by atoms with Crippen LogP contribution in [0, 0.1) is 0 Å². The van der Waals surface area contributed by atoms with Gasteiger partial charge >= 0.3 is 0 Å². The maximum atomic E-state index is 9.53. The van der Waals surface area contributed by atoms with Crippen molar-refractivity contribution in [2.24, 2.45) is 0 Å². The first-order valence-corrected chi connectivity index (χ1v) is 7.28. The van der Waals surface area contributed by atoms with Crippen LogP contribution in [-0.2, 0) is 19.5 Å². The lowest BCUT2D eigenvalue weighted by Gasteiger charge is -2.28. The fourth-order valence-corrected chi connectivity index (χ4v) is 2.85. The Bertz CT molecular complexity index is 574. The van der Waals surface area contributed by atoms with Crippen molar-refractivity contribution in [1.29, 1.82) is 0 Å². The highest BCUT2D eigenvalue weighted by molar-refractivity contribution is 5.29. The molecule has 2 nitrogen and oxygen atoms in total. The molecule has 20 heavy (non-hydrogen) atoms. The van der Waals surface area contributed by atoms with E-state index in [0.717, 1.165) is 31.6 Å². The summed E-state index contributed by atoms with van der Waals surface area (Å²) in [5.41, 5.74) is 5.25. The molecule has 3 rings (SSSR count). The summed E-state index contributed by atoms with van der Waals surface area (Å²) < 4.78 is 0. The first-order chi connectivity index (χ1) is 9.72. The van der Waals surface area contributed by atoms with Gasteiger partial charge in [0, 0.05) is 19.6 Å². The van der Waals surface area contributed by atoms with E-state index < -0.39 is 0 Å². The summed E-state index contributed by atoms with van der Waals surface area (Å²) in [7, 11) is 0. The molecular formula is C18H21NO. The monoisotopic (exact) mass is 267 g/mol. The number of rotatable bonds is 3. The van der Waals surface area contributed by atoms with Crippen LogP contribution in [-0.4, -0.2) is 16.6 Å². The van der Waals surface area contributed by atoms with Gasteiger partial charge in [0.25, 0.3) is 0 Å². The Morgan fingerprint density at radius 1 is 1.05 bits per heavy atom. The Kier molecular flexibility index (Phi) is 3.86. The molecule has 1 N–H and O–H groups in total. The molecule has 0 aliphatic carbocycles. The smallest absolute Gasteiger partial charge is 0.0761 e. The van der Waals surface area contributed by atoms with Gasteiger partial charge < -0.3 is 5.11 Å². The molecule has 1 heterocycles. The second-order valence-corrected chi connectivity index (χ2v) is 5.65. The fraction of sp³-hybridized carbons (Fsp3) is 0.333. The van der Waals surface area contributed by atoms with Crippen molar-refractivity contribution in [3.8, 4) is 0 Å². The van der Waals surface area contributed by atoms with Gasteiger partial charge in [-0.15, -0.1) is 0 Å². The Labute approximate surface area is 120 Å². The highest BCUT2D eigenvalue weighted by Gasteiger charge is 2.15. The Balaban J connectivity index is 1.67. The van der Waals surface area contributed by atoms with Gasteiger partial charge in [0.15, 0.2) is 0 Å². The lowest BCUT2D eigenvalue weighted by molar-refractivity contribution is 0.199. The highest BCUT2D eigenvalue weighted by Crippen LogP contribution is 2.21. The van der Waals surface area contributed by atoms with Crippen LogP contribution < -0.4 is 0 Å². The molecular weight excluding hydrogens is 246 g/mol. The van der Waals surface area contributed by atoms with Crippen LogP contribution >= 0.6 is 0 Å². The zero-order chi connectivity index (χ0) is 13.9. The third-order valence-electron chi connectivity index (χ3n) is 4.08. The molecule has 0 radical (unpaired) electrons. The van der Waals surface area contributed by atoms with Gasteiger partial charge in [-0.1, -0.05) is 48.5 Å². The quantitative estimate of drug-likeness (QED) is 0.922. The molecule has 0 bridgehead atoms. The standard InChI is InChI=1S/C18H21NO/c1-14(20)16-8-6-15(7-9-16)12-19-11-10-17-4-2-3-5-18(17)13-19/h2-9,14,20H,10-13H2,1H3. The average molecular weight is 267 g/mol. The fourth-order valence-electron chi connectivity index (χ4n) is 2.85. The van der Waals surface area contributed by atoms with E-state index in [1.165, 1.54) is 16.7 Å². The number of fused-ring (bicyclic) bond motifs is 1. The van der Waals surface area contributed by atoms with Crippen LogP contribution in [0.1, 0.15) is 35.3 Å². The highest BCUT2D eigenvalue weighted by atomic mass is 16.3. The second kappa shape index (κ2) is 5.78. The molecule has 1 aliphatic rings. The maximum absolute atomic E-state index is 9.53. The predicted octanol–water partition coefficient (Wildman–Crippen LogP) is 3.30. The minimum atomic E-state index is -0.383. The third-order valence-corrected chi connectivity index (χ3v) is 4.08. The van der Waals surface area contributed by atoms with E-state index in [1.807, 2.05) is 12.1 Å². The van der Waals surface area contributed by atoms with Crippen LogP contribution in [0.2, 0.25) is 0 Å². The minimum Gasteiger partial charge on any atom is -0.389 e. The van der Waals surface area contributed by atoms with Crippen molar-refractivity contribution < 1.29 is 5.11 Å². The lowest BCUT2D eigenvalue weighted by atomic mass is 9.99. The van der Waals surface area contributed by atoms with Gasteiger partial charge in [-0.25, -0.2) is 0 Å². The number of hydrogen-bond acceptors (Lipinski definition) is 2. The number of hydrogen-bond donors (Lipinski definition) is 1. The number of aliphatic hydroxyl groups excluding tert-OH is 1. The van der Waals surface area contributed by atoms with Gasteiger partial charge in [0.2, 0.25) is 0 Å². The van der Waals surface area contributed by atoms with Gasteiger partial charge in [0.05, 0.1) is 6.10 Å². The number of benzene rings is 2. The molecule has 2 heteroatoms. The van der Waals surface area contributed by atoms with E-state index in [9.17, 15) is 5.11 Å². The summed E-state index contributed by atoms with van der Waals surface area (Å²) in [5.74, 6) is 0. The predicted molar refractivity (Wildman–Crippen MR) is 81.3 cm³/mol. The van der Waals surface area contributed by atoms with Crippen molar-refractivity contribution in [2.75, 3.05) is 6.54 Å². The van der Waals surface area contributed by atoms with E-state index in [-0.39, 0.29) is 6.10 Å². The van der Waals surface area contributed by atoms with Gasteiger partial charge in [0.1, 0.15) is 0 Å². The minimum absolute atomic E-state index is 0.383. The average Bonchev–Trinajstić information content (AvgIpc) is 2.48. The van der Waals surface area contributed by atoms with Crippen molar-refractivity contribution >= 4 is 0 Å². The van der Waals surface area contributed by atoms with Crippen LogP contribution in [0.3, 0.4) is 0 Å². The second-order valence-electron chi connectivity index (χ2n) is 5.65. The van der Waals surface area contributed by atoms with E-state index in [0.29, 0.717) is 0 Å².